The fraction of sp³-hybridized carbons (Fsp3) is 0.118. The molecule has 0 radical (unpaired) electrons. The zero-order valence-electron chi connectivity index (χ0n) is 12.8. The monoisotopic (exact) mass is 343 g/mol. The lowest BCUT2D eigenvalue weighted by Crippen LogP contribution is -2.20. The van der Waals surface area contributed by atoms with Gasteiger partial charge in [-0.25, -0.2) is 4.39 Å². The molecule has 1 amide bonds. The van der Waals surface area contributed by atoms with Crippen LogP contribution in [-0.4, -0.2) is 21.9 Å². The van der Waals surface area contributed by atoms with Crippen molar-refractivity contribution in [2.45, 2.75) is 6.92 Å². The average molecular weight is 343 g/mol. The molecule has 0 saturated heterocycles. The molecule has 7 heteroatoms. The summed E-state index contributed by atoms with van der Waals surface area (Å²) in [5, 5.41) is 3.03. The SMILES string of the molecule is Cc1ccc(-c2nsc(NC(=O)COc3ccc(F)cc3)n2)cc1. The molecule has 2 aromatic carbocycles. The van der Waals surface area contributed by atoms with Crippen molar-refractivity contribution in [3.63, 3.8) is 0 Å². The summed E-state index contributed by atoms with van der Waals surface area (Å²) in [6, 6.07) is 13.3. The molecule has 0 atom stereocenters. The minimum Gasteiger partial charge on any atom is -0.484 e. The normalized spacial score (nSPS) is 10.4. The fourth-order valence-corrected chi connectivity index (χ4v) is 2.54. The van der Waals surface area contributed by atoms with Gasteiger partial charge in [0.25, 0.3) is 5.91 Å². The lowest BCUT2D eigenvalue weighted by atomic mass is 10.1. The molecule has 0 aliphatic carbocycles. The van der Waals surface area contributed by atoms with Gasteiger partial charge < -0.3 is 4.74 Å². The highest BCUT2D eigenvalue weighted by Gasteiger charge is 2.10. The van der Waals surface area contributed by atoms with Crippen molar-refractivity contribution in [2.24, 2.45) is 0 Å². The highest BCUT2D eigenvalue weighted by molar-refractivity contribution is 7.10. The van der Waals surface area contributed by atoms with Crippen molar-refractivity contribution in [3.8, 4) is 17.1 Å². The van der Waals surface area contributed by atoms with Gasteiger partial charge in [-0.15, -0.1) is 0 Å². The van der Waals surface area contributed by atoms with Crippen molar-refractivity contribution < 1.29 is 13.9 Å². The Bertz CT molecular complexity index is 832. The Morgan fingerprint density at radius 2 is 1.88 bits per heavy atom. The summed E-state index contributed by atoms with van der Waals surface area (Å²) in [7, 11) is 0. The van der Waals surface area contributed by atoms with Gasteiger partial charge in [0.15, 0.2) is 12.4 Å². The minimum atomic E-state index is -0.357. The number of hydrogen-bond donors (Lipinski definition) is 1. The van der Waals surface area contributed by atoms with E-state index >= 15 is 0 Å². The Morgan fingerprint density at radius 1 is 1.17 bits per heavy atom. The predicted octanol–water partition coefficient (Wildman–Crippen LogP) is 3.67. The first kappa shape index (κ1) is 16.1. The third-order valence-corrected chi connectivity index (χ3v) is 3.80. The topological polar surface area (TPSA) is 64.1 Å². The van der Waals surface area contributed by atoms with E-state index in [2.05, 4.69) is 14.7 Å². The highest BCUT2D eigenvalue weighted by Crippen LogP contribution is 2.21. The number of amides is 1. The molecule has 122 valence electrons. The van der Waals surface area contributed by atoms with Crippen LogP contribution in [0.2, 0.25) is 0 Å². The van der Waals surface area contributed by atoms with Crippen LogP contribution in [0.4, 0.5) is 9.52 Å². The average Bonchev–Trinajstić information content (AvgIpc) is 3.03. The van der Waals surface area contributed by atoms with Gasteiger partial charge in [-0.05, 0) is 31.2 Å². The molecule has 0 saturated carbocycles. The number of carbonyl (C=O) groups is 1. The van der Waals surface area contributed by atoms with E-state index in [1.165, 1.54) is 24.3 Å². The van der Waals surface area contributed by atoms with Gasteiger partial charge in [-0.1, -0.05) is 29.8 Å². The lowest BCUT2D eigenvalue weighted by Gasteiger charge is -2.05. The first-order chi connectivity index (χ1) is 11.6. The second-order valence-electron chi connectivity index (χ2n) is 5.08. The van der Waals surface area contributed by atoms with Crippen LogP contribution < -0.4 is 10.1 Å². The van der Waals surface area contributed by atoms with Crippen LogP contribution in [0.3, 0.4) is 0 Å². The van der Waals surface area contributed by atoms with Gasteiger partial charge in [0.05, 0.1) is 0 Å². The number of halogens is 1. The molecule has 0 bridgehead atoms. The number of benzene rings is 2. The molecule has 3 aromatic rings. The molecule has 0 fully saturated rings. The number of nitrogens with zero attached hydrogens (tertiary/aromatic N) is 2. The van der Waals surface area contributed by atoms with Crippen LogP contribution in [0, 0.1) is 12.7 Å². The molecule has 0 spiro atoms. The maximum Gasteiger partial charge on any atom is 0.264 e. The van der Waals surface area contributed by atoms with Gasteiger partial charge >= 0.3 is 0 Å². The van der Waals surface area contributed by atoms with Crippen LogP contribution in [0.25, 0.3) is 11.4 Å². The van der Waals surface area contributed by atoms with Crippen LogP contribution in [0.15, 0.2) is 48.5 Å². The van der Waals surface area contributed by atoms with Crippen molar-refractivity contribution in [1.82, 2.24) is 9.36 Å². The summed E-state index contributed by atoms with van der Waals surface area (Å²) in [4.78, 5) is 16.2. The molecule has 1 heterocycles. The first-order valence-corrected chi connectivity index (χ1v) is 7.96. The molecule has 24 heavy (non-hydrogen) atoms. The number of nitrogens with one attached hydrogen (secondary N) is 1. The maximum atomic E-state index is 12.8. The van der Waals surface area contributed by atoms with E-state index in [4.69, 9.17) is 4.74 Å². The van der Waals surface area contributed by atoms with Crippen LogP contribution in [0.5, 0.6) is 5.75 Å². The highest BCUT2D eigenvalue weighted by atomic mass is 32.1. The third kappa shape index (κ3) is 4.14. The first-order valence-electron chi connectivity index (χ1n) is 7.19. The molecule has 1 N–H and O–H groups in total. The summed E-state index contributed by atoms with van der Waals surface area (Å²) >= 11 is 1.10. The number of carbonyl (C=O) groups excluding carboxylic acids is 1. The number of rotatable bonds is 5. The van der Waals surface area contributed by atoms with Crippen molar-refractivity contribution in [3.05, 3.63) is 59.9 Å². The Morgan fingerprint density at radius 3 is 2.58 bits per heavy atom. The van der Waals surface area contributed by atoms with Crippen molar-refractivity contribution >= 4 is 22.6 Å². The summed E-state index contributed by atoms with van der Waals surface area (Å²) in [5.74, 6) is 0.272. The standard InChI is InChI=1S/C17H14FN3O2S/c1-11-2-4-12(5-3-11)16-20-17(24-21-16)19-15(22)10-23-14-8-6-13(18)7-9-14/h2-9H,10H2,1H3,(H,19,20,21,22). The van der Waals surface area contributed by atoms with E-state index in [0.29, 0.717) is 16.7 Å². The van der Waals surface area contributed by atoms with Gasteiger partial charge in [0.2, 0.25) is 5.13 Å². The number of aromatic nitrogens is 2. The quantitative estimate of drug-likeness (QED) is 0.768. The van der Waals surface area contributed by atoms with Gasteiger partial charge in [0, 0.05) is 17.1 Å². The van der Waals surface area contributed by atoms with E-state index in [1.807, 2.05) is 31.2 Å². The van der Waals surface area contributed by atoms with E-state index in [9.17, 15) is 9.18 Å². The van der Waals surface area contributed by atoms with Crippen LogP contribution in [0.1, 0.15) is 5.56 Å². The molecular formula is C17H14FN3O2S. The van der Waals surface area contributed by atoms with E-state index in [-0.39, 0.29) is 18.3 Å². The Hall–Kier alpha value is -2.80. The molecule has 1 aromatic heterocycles. The zero-order chi connectivity index (χ0) is 16.9. The Balaban J connectivity index is 1.57. The second-order valence-corrected chi connectivity index (χ2v) is 5.83. The number of hydrogen-bond acceptors (Lipinski definition) is 5. The van der Waals surface area contributed by atoms with E-state index in [1.54, 1.807) is 0 Å². The molecule has 0 aliphatic rings. The van der Waals surface area contributed by atoms with Gasteiger partial charge in [0.1, 0.15) is 11.6 Å². The van der Waals surface area contributed by atoms with Crippen molar-refractivity contribution in [2.75, 3.05) is 11.9 Å². The summed E-state index contributed by atoms with van der Waals surface area (Å²) < 4.78 is 22.3. The van der Waals surface area contributed by atoms with E-state index < -0.39 is 0 Å². The number of ether oxygens (including phenoxy) is 1. The summed E-state index contributed by atoms with van der Waals surface area (Å²) in [6.07, 6.45) is 0. The van der Waals surface area contributed by atoms with Crippen LogP contribution >= 0.6 is 11.5 Å². The fourth-order valence-electron chi connectivity index (χ4n) is 1.93. The van der Waals surface area contributed by atoms with E-state index in [0.717, 1.165) is 22.7 Å². The number of aryl methyl sites for hydroxylation is 1. The number of anilines is 1. The van der Waals surface area contributed by atoms with Crippen LogP contribution in [-0.2, 0) is 4.79 Å². The molecular weight excluding hydrogens is 329 g/mol. The second kappa shape index (κ2) is 7.18. The summed E-state index contributed by atoms with van der Waals surface area (Å²) in [6.45, 7) is 1.82. The maximum absolute atomic E-state index is 12.8. The molecule has 5 nitrogen and oxygen atoms in total. The lowest BCUT2D eigenvalue weighted by molar-refractivity contribution is -0.118. The molecule has 0 aliphatic heterocycles. The minimum absolute atomic E-state index is 0.189. The van der Waals surface area contributed by atoms with Gasteiger partial charge in [-0.2, -0.15) is 9.36 Å². The Kier molecular flexibility index (Phi) is 4.81. The summed E-state index contributed by atoms with van der Waals surface area (Å²) in [5.41, 5.74) is 2.04. The largest absolute Gasteiger partial charge is 0.484 e. The predicted molar refractivity (Wildman–Crippen MR) is 90.6 cm³/mol. The zero-order valence-corrected chi connectivity index (χ0v) is 13.6. The Labute approximate surface area is 142 Å². The smallest absolute Gasteiger partial charge is 0.264 e. The third-order valence-electron chi connectivity index (χ3n) is 3.17. The molecule has 0 unspecified atom stereocenters. The van der Waals surface area contributed by atoms with Gasteiger partial charge in [-0.3, -0.25) is 10.1 Å². The van der Waals surface area contributed by atoms with Crippen molar-refractivity contribution in [1.29, 1.82) is 0 Å². The molecule has 3 rings (SSSR count).